The highest BCUT2D eigenvalue weighted by Gasteiger charge is 2.12. The van der Waals surface area contributed by atoms with Gasteiger partial charge in [-0.2, -0.15) is 0 Å². The van der Waals surface area contributed by atoms with Crippen molar-refractivity contribution in [1.29, 1.82) is 0 Å². The van der Waals surface area contributed by atoms with Crippen LogP contribution < -0.4 is 5.32 Å². The number of carbonyl (C=O) groups is 1. The Morgan fingerprint density at radius 1 is 1.47 bits per heavy atom. The lowest BCUT2D eigenvalue weighted by molar-refractivity contribution is 0.0956. The number of amides is 1. The maximum absolute atomic E-state index is 11.8. The van der Waals surface area contributed by atoms with Crippen molar-refractivity contribution < 1.29 is 17.9 Å². The van der Waals surface area contributed by atoms with Gasteiger partial charge in [0.15, 0.2) is 0 Å². The molecule has 1 N–H and O–H groups in total. The summed E-state index contributed by atoms with van der Waals surface area (Å²) in [7, 11) is -0.127. The molecule has 0 saturated heterocycles. The van der Waals surface area contributed by atoms with Crippen LogP contribution in [-0.4, -0.2) is 52.1 Å². The minimum absolute atomic E-state index is 0.200. The van der Waals surface area contributed by atoms with E-state index < -0.39 is 10.0 Å². The summed E-state index contributed by atoms with van der Waals surface area (Å²) in [5, 5.41) is 2.68. The van der Waals surface area contributed by atoms with Gasteiger partial charge in [-0.05, 0) is 12.1 Å². The SMILES string of the molecule is COCc1ccc(C(=O)NCCN(C)S(C)(=O)=O)s1. The van der Waals surface area contributed by atoms with Crippen molar-refractivity contribution in [2.75, 3.05) is 33.5 Å². The van der Waals surface area contributed by atoms with Crippen LogP contribution in [0.15, 0.2) is 12.1 Å². The molecule has 6 nitrogen and oxygen atoms in total. The second-order valence-corrected chi connectivity index (χ2v) is 7.30. The Hall–Kier alpha value is -0.960. The molecule has 0 bridgehead atoms. The number of rotatable bonds is 7. The van der Waals surface area contributed by atoms with Crippen LogP contribution >= 0.6 is 11.3 Å². The Labute approximate surface area is 117 Å². The Morgan fingerprint density at radius 2 is 2.16 bits per heavy atom. The monoisotopic (exact) mass is 306 g/mol. The summed E-state index contributed by atoms with van der Waals surface area (Å²) >= 11 is 1.36. The number of nitrogens with zero attached hydrogens (tertiary/aromatic N) is 1. The van der Waals surface area contributed by atoms with E-state index in [-0.39, 0.29) is 19.0 Å². The quantitative estimate of drug-likeness (QED) is 0.796. The molecule has 1 amide bonds. The molecular weight excluding hydrogens is 288 g/mol. The molecule has 8 heteroatoms. The Balaban J connectivity index is 2.43. The van der Waals surface area contributed by atoms with E-state index in [9.17, 15) is 13.2 Å². The van der Waals surface area contributed by atoms with Crippen LogP contribution in [-0.2, 0) is 21.4 Å². The fourth-order valence-corrected chi connectivity index (χ4v) is 2.62. The third-order valence-corrected chi connectivity index (χ3v) is 4.82. The van der Waals surface area contributed by atoms with E-state index >= 15 is 0 Å². The van der Waals surface area contributed by atoms with Gasteiger partial charge in [0, 0.05) is 32.1 Å². The zero-order chi connectivity index (χ0) is 14.5. The van der Waals surface area contributed by atoms with Crippen LogP contribution in [0.1, 0.15) is 14.5 Å². The molecule has 0 aromatic carbocycles. The molecule has 0 aliphatic carbocycles. The molecule has 0 unspecified atom stereocenters. The largest absolute Gasteiger partial charge is 0.379 e. The summed E-state index contributed by atoms with van der Waals surface area (Å²) in [5.74, 6) is -0.200. The molecule has 0 saturated carbocycles. The molecule has 108 valence electrons. The number of thiophene rings is 1. The lowest BCUT2D eigenvalue weighted by Crippen LogP contribution is -2.35. The molecule has 1 heterocycles. The molecule has 0 fully saturated rings. The topological polar surface area (TPSA) is 75.7 Å². The van der Waals surface area contributed by atoms with E-state index in [1.165, 1.54) is 22.7 Å². The molecule has 0 spiro atoms. The van der Waals surface area contributed by atoms with Gasteiger partial charge in [0.25, 0.3) is 5.91 Å². The number of hydrogen-bond donors (Lipinski definition) is 1. The highest BCUT2D eigenvalue weighted by Crippen LogP contribution is 2.16. The first-order chi connectivity index (χ1) is 8.84. The Bertz CT molecular complexity index is 525. The van der Waals surface area contributed by atoms with Crippen molar-refractivity contribution in [3.63, 3.8) is 0 Å². The van der Waals surface area contributed by atoms with Gasteiger partial charge < -0.3 is 10.1 Å². The fraction of sp³-hybridized carbons (Fsp3) is 0.545. The third kappa shape index (κ3) is 5.27. The maximum atomic E-state index is 11.8. The van der Waals surface area contributed by atoms with Crippen molar-refractivity contribution in [3.8, 4) is 0 Å². The molecule has 0 aliphatic heterocycles. The Kier molecular flexibility index (Phi) is 5.92. The third-order valence-electron chi connectivity index (χ3n) is 2.45. The summed E-state index contributed by atoms with van der Waals surface area (Å²) in [6, 6.07) is 3.57. The summed E-state index contributed by atoms with van der Waals surface area (Å²) < 4.78 is 28.5. The predicted octanol–water partition coefficient (Wildman–Crippen LogP) is 0.516. The maximum Gasteiger partial charge on any atom is 0.261 e. The standard InChI is InChI=1S/C11H18N2O4S2/c1-13(19(3,15)16)7-6-12-11(14)10-5-4-9(18-10)8-17-2/h4-5H,6-8H2,1-3H3,(H,12,14). The zero-order valence-electron chi connectivity index (χ0n) is 11.2. The number of hydrogen-bond acceptors (Lipinski definition) is 5. The summed E-state index contributed by atoms with van der Waals surface area (Å²) in [6.07, 6.45) is 1.13. The number of likely N-dealkylation sites (N-methyl/N-ethyl adjacent to an activating group) is 1. The van der Waals surface area contributed by atoms with Crippen LogP contribution in [0, 0.1) is 0 Å². The normalized spacial score (nSPS) is 11.8. The zero-order valence-corrected chi connectivity index (χ0v) is 12.8. The highest BCUT2D eigenvalue weighted by molar-refractivity contribution is 7.88. The molecule has 0 radical (unpaired) electrons. The van der Waals surface area contributed by atoms with Crippen molar-refractivity contribution in [2.24, 2.45) is 0 Å². The van der Waals surface area contributed by atoms with Gasteiger partial charge in [0.05, 0.1) is 17.7 Å². The van der Waals surface area contributed by atoms with E-state index in [4.69, 9.17) is 4.74 Å². The molecular formula is C11H18N2O4S2. The first kappa shape index (κ1) is 16.1. The van der Waals surface area contributed by atoms with E-state index in [1.54, 1.807) is 13.2 Å². The van der Waals surface area contributed by atoms with Gasteiger partial charge in [-0.25, -0.2) is 12.7 Å². The average molecular weight is 306 g/mol. The van der Waals surface area contributed by atoms with Crippen LogP contribution in [0.25, 0.3) is 0 Å². The van der Waals surface area contributed by atoms with Crippen molar-refractivity contribution in [2.45, 2.75) is 6.61 Å². The van der Waals surface area contributed by atoms with E-state index in [1.807, 2.05) is 6.07 Å². The molecule has 19 heavy (non-hydrogen) atoms. The Morgan fingerprint density at radius 3 is 2.74 bits per heavy atom. The van der Waals surface area contributed by atoms with E-state index in [2.05, 4.69) is 5.32 Å². The molecule has 0 atom stereocenters. The number of carbonyl (C=O) groups excluding carboxylic acids is 1. The van der Waals surface area contributed by atoms with Crippen molar-refractivity contribution in [1.82, 2.24) is 9.62 Å². The second kappa shape index (κ2) is 6.99. The number of nitrogens with one attached hydrogen (secondary N) is 1. The predicted molar refractivity (Wildman–Crippen MR) is 74.8 cm³/mol. The lowest BCUT2D eigenvalue weighted by Gasteiger charge is -2.13. The molecule has 0 aliphatic rings. The van der Waals surface area contributed by atoms with E-state index in [0.29, 0.717) is 11.5 Å². The molecule has 1 aromatic rings. The van der Waals surface area contributed by atoms with Gasteiger partial charge in [-0.1, -0.05) is 0 Å². The second-order valence-electron chi connectivity index (χ2n) is 4.04. The molecule has 1 aromatic heterocycles. The van der Waals surface area contributed by atoms with Crippen LogP contribution in [0.2, 0.25) is 0 Å². The minimum atomic E-state index is -3.20. The number of methoxy groups -OCH3 is 1. The first-order valence-corrected chi connectivity index (χ1v) is 8.28. The van der Waals surface area contributed by atoms with Crippen molar-refractivity contribution >= 4 is 27.3 Å². The van der Waals surface area contributed by atoms with Gasteiger partial charge in [0.2, 0.25) is 10.0 Å². The fourth-order valence-electron chi connectivity index (χ4n) is 1.30. The van der Waals surface area contributed by atoms with Gasteiger partial charge in [0.1, 0.15) is 0 Å². The minimum Gasteiger partial charge on any atom is -0.379 e. The van der Waals surface area contributed by atoms with Crippen LogP contribution in [0.3, 0.4) is 0 Å². The average Bonchev–Trinajstić information content (AvgIpc) is 2.76. The van der Waals surface area contributed by atoms with Gasteiger partial charge in [-0.15, -0.1) is 11.3 Å². The number of ether oxygens (including phenoxy) is 1. The first-order valence-electron chi connectivity index (χ1n) is 5.61. The van der Waals surface area contributed by atoms with Crippen LogP contribution in [0.4, 0.5) is 0 Å². The summed E-state index contributed by atoms with van der Waals surface area (Å²) in [4.78, 5) is 13.3. The molecule has 1 rings (SSSR count). The summed E-state index contributed by atoms with van der Waals surface area (Å²) in [5.41, 5.74) is 0. The van der Waals surface area contributed by atoms with Gasteiger partial charge in [-0.3, -0.25) is 4.79 Å². The van der Waals surface area contributed by atoms with Crippen molar-refractivity contribution in [3.05, 3.63) is 21.9 Å². The lowest BCUT2D eigenvalue weighted by atomic mass is 10.4. The highest BCUT2D eigenvalue weighted by atomic mass is 32.2. The van der Waals surface area contributed by atoms with Gasteiger partial charge >= 0.3 is 0 Å². The smallest absolute Gasteiger partial charge is 0.261 e. The van der Waals surface area contributed by atoms with E-state index in [0.717, 1.165) is 11.1 Å². The number of sulfonamides is 1. The summed E-state index contributed by atoms with van der Waals surface area (Å²) in [6.45, 7) is 1.01. The van der Waals surface area contributed by atoms with Crippen LogP contribution in [0.5, 0.6) is 0 Å².